The average molecular weight is 461 g/mol. The molecule has 0 saturated carbocycles. The number of benzene rings is 2. The minimum atomic E-state index is -3.00. The number of rotatable bonds is 9. The number of esters is 1. The van der Waals surface area contributed by atoms with Crippen LogP contribution in [-0.2, 0) is 20.7 Å². The van der Waals surface area contributed by atoms with Crippen molar-refractivity contribution in [3.8, 4) is 17.1 Å². The second kappa shape index (κ2) is 11.0. The third kappa shape index (κ3) is 6.96. The molecule has 2 aromatic carbocycles. The van der Waals surface area contributed by atoms with Gasteiger partial charge in [-0.2, -0.15) is 8.78 Å². The summed E-state index contributed by atoms with van der Waals surface area (Å²) < 4.78 is 52.6. The summed E-state index contributed by atoms with van der Waals surface area (Å²) in [4.78, 5) is 35.7. The lowest BCUT2D eigenvalue weighted by Gasteiger charge is -2.07. The molecule has 7 nitrogen and oxygen atoms in total. The second-order valence-electron chi connectivity index (χ2n) is 6.69. The van der Waals surface area contributed by atoms with Gasteiger partial charge in [0.1, 0.15) is 23.1 Å². The first-order valence-electron chi connectivity index (χ1n) is 9.70. The molecule has 1 aromatic heterocycles. The Labute approximate surface area is 186 Å². The van der Waals surface area contributed by atoms with E-state index in [1.807, 2.05) is 5.32 Å². The van der Waals surface area contributed by atoms with Gasteiger partial charge in [0.15, 0.2) is 6.61 Å². The van der Waals surface area contributed by atoms with Gasteiger partial charge in [-0.05, 0) is 48.5 Å². The number of amides is 2. The Morgan fingerprint density at radius 3 is 2.39 bits per heavy atom. The number of hydrogen-bond acceptors (Lipinski definition) is 6. The minimum absolute atomic E-state index is 0.0276. The van der Waals surface area contributed by atoms with Crippen LogP contribution in [0.5, 0.6) is 5.75 Å². The molecule has 0 spiro atoms. The van der Waals surface area contributed by atoms with Gasteiger partial charge in [0.25, 0.3) is 11.8 Å². The van der Waals surface area contributed by atoms with Crippen LogP contribution in [0.15, 0.2) is 65.1 Å². The highest BCUT2D eigenvalue weighted by Crippen LogP contribution is 2.25. The average Bonchev–Trinajstić information content (AvgIpc) is 3.25. The van der Waals surface area contributed by atoms with Crippen molar-refractivity contribution in [3.63, 3.8) is 0 Å². The van der Waals surface area contributed by atoms with Gasteiger partial charge in [-0.3, -0.25) is 19.7 Å². The van der Waals surface area contributed by atoms with E-state index in [2.05, 4.69) is 4.74 Å². The summed E-state index contributed by atoms with van der Waals surface area (Å²) in [7, 11) is 0. The topological polar surface area (TPSA) is 94.8 Å². The van der Waals surface area contributed by atoms with Gasteiger partial charge >= 0.3 is 12.6 Å². The molecular formula is C23H18F3NO6. The quantitative estimate of drug-likeness (QED) is 0.482. The van der Waals surface area contributed by atoms with Crippen molar-refractivity contribution in [3.05, 3.63) is 77.8 Å². The van der Waals surface area contributed by atoms with E-state index in [-0.39, 0.29) is 24.2 Å². The monoisotopic (exact) mass is 461 g/mol. The SMILES string of the molecule is O=C(COC(=O)CCc1ccc(-c2ccccc2F)o1)NC(=O)c1ccc(OC(F)F)cc1. The molecule has 33 heavy (non-hydrogen) atoms. The van der Waals surface area contributed by atoms with Crippen LogP contribution in [0, 0.1) is 5.82 Å². The maximum absolute atomic E-state index is 13.8. The Morgan fingerprint density at radius 1 is 0.970 bits per heavy atom. The lowest BCUT2D eigenvalue weighted by atomic mass is 10.1. The number of nitrogens with one attached hydrogen (secondary N) is 1. The van der Waals surface area contributed by atoms with Crippen LogP contribution < -0.4 is 10.1 Å². The van der Waals surface area contributed by atoms with E-state index < -0.39 is 36.8 Å². The molecule has 1 heterocycles. The van der Waals surface area contributed by atoms with E-state index >= 15 is 0 Å². The zero-order chi connectivity index (χ0) is 23.8. The Balaban J connectivity index is 1.41. The molecule has 0 bridgehead atoms. The largest absolute Gasteiger partial charge is 0.461 e. The predicted molar refractivity (Wildman–Crippen MR) is 109 cm³/mol. The van der Waals surface area contributed by atoms with E-state index in [0.29, 0.717) is 17.1 Å². The molecule has 0 aliphatic rings. The Bertz CT molecular complexity index is 1130. The standard InChI is InChI=1S/C23H18F3NO6/c24-18-4-2-1-3-17(18)19-11-9-15(32-19)10-12-21(29)31-13-20(28)27-22(30)14-5-7-16(8-6-14)33-23(25)26/h1-9,11,23H,10,12-13H2,(H,27,28,30). The fourth-order valence-electron chi connectivity index (χ4n) is 2.78. The van der Waals surface area contributed by atoms with Gasteiger partial charge in [0.05, 0.1) is 12.0 Å². The van der Waals surface area contributed by atoms with E-state index in [0.717, 1.165) is 12.1 Å². The van der Waals surface area contributed by atoms with Gasteiger partial charge in [-0.1, -0.05) is 12.1 Å². The molecule has 1 N–H and O–H groups in total. The third-order valence-corrected chi connectivity index (χ3v) is 4.34. The second-order valence-corrected chi connectivity index (χ2v) is 6.69. The van der Waals surface area contributed by atoms with Crippen LogP contribution in [0.4, 0.5) is 13.2 Å². The van der Waals surface area contributed by atoms with Gasteiger partial charge in [-0.15, -0.1) is 0 Å². The number of imide groups is 1. The van der Waals surface area contributed by atoms with E-state index in [4.69, 9.17) is 9.15 Å². The van der Waals surface area contributed by atoms with Crippen LogP contribution in [-0.4, -0.2) is 31.0 Å². The number of halogens is 3. The normalized spacial score (nSPS) is 10.7. The van der Waals surface area contributed by atoms with Gasteiger partial charge in [-0.25, -0.2) is 4.39 Å². The molecule has 2 amide bonds. The summed E-state index contributed by atoms with van der Waals surface area (Å²) in [6.07, 6.45) is 0.0674. The molecule has 0 aliphatic carbocycles. The van der Waals surface area contributed by atoms with Crippen LogP contribution in [0.2, 0.25) is 0 Å². The Kier molecular flexibility index (Phi) is 7.85. The molecule has 0 aliphatic heterocycles. The molecule has 10 heteroatoms. The smallest absolute Gasteiger partial charge is 0.387 e. The van der Waals surface area contributed by atoms with Gasteiger partial charge in [0.2, 0.25) is 0 Å². The van der Waals surface area contributed by atoms with Crippen molar-refractivity contribution in [2.75, 3.05) is 6.61 Å². The van der Waals surface area contributed by atoms with Crippen LogP contribution in [0.3, 0.4) is 0 Å². The maximum atomic E-state index is 13.8. The molecule has 172 valence electrons. The maximum Gasteiger partial charge on any atom is 0.387 e. The number of furan rings is 1. The van der Waals surface area contributed by atoms with Crippen LogP contribution in [0.1, 0.15) is 22.5 Å². The van der Waals surface area contributed by atoms with Crippen molar-refractivity contribution < 1.29 is 41.4 Å². The van der Waals surface area contributed by atoms with Crippen molar-refractivity contribution in [2.24, 2.45) is 0 Å². The molecule has 3 aromatic rings. The van der Waals surface area contributed by atoms with Crippen molar-refractivity contribution >= 4 is 17.8 Å². The molecule has 0 atom stereocenters. The fourth-order valence-corrected chi connectivity index (χ4v) is 2.78. The lowest BCUT2D eigenvalue weighted by Crippen LogP contribution is -2.34. The van der Waals surface area contributed by atoms with E-state index in [1.54, 1.807) is 30.3 Å². The molecule has 0 unspecified atom stereocenters. The molecule has 0 radical (unpaired) electrons. The first-order valence-corrected chi connectivity index (χ1v) is 9.70. The lowest BCUT2D eigenvalue weighted by molar-refractivity contribution is -0.148. The van der Waals surface area contributed by atoms with Gasteiger partial charge < -0.3 is 13.9 Å². The predicted octanol–water partition coefficient (Wildman–Crippen LogP) is 4.12. The zero-order valence-corrected chi connectivity index (χ0v) is 17.1. The summed E-state index contributed by atoms with van der Waals surface area (Å²) in [6, 6.07) is 14.0. The van der Waals surface area contributed by atoms with Crippen molar-refractivity contribution in [1.82, 2.24) is 5.32 Å². The molecule has 0 saturated heterocycles. The van der Waals surface area contributed by atoms with Crippen LogP contribution in [0.25, 0.3) is 11.3 Å². The summed E-state index contributed by atoms with van der Waals surface area (Å²) in [5.41, 5.74) is 0.323. The Morgan fingerprint density at radius 2 is 1.70 bits per heavy atom. The number of ether oxygens (including phenoxy) is 2. The van der Waals surface area contributed by atoms with Gasteiger partial charge in [0, 0.05) is 12.0 Å². The zero-order valence-electron chi connectivity index (χ0n) is 17.1. The third-order valence-electron chi connectivity index (χ3n) is 4.34. The number of carbonyl (C=O) groups is 3. The summed E-state index contributed by atoms with van der Waals surface area (Å²) in [5, 5.41) is 2.01. The highest BCUT2D eigenvalue weighted by Gasteiger charge is 2.15. The number of aryl methyl sites for hydroxylation is 1. The van der Waals surface area contributed by atoms with Crippen molar-refractivity contribution in [1.29, 1.82) is 0 Å². The fraction of sp³-hybridized carbons (Fsp3) is 0.174. The summed E-state index contributed by atoms with van der Waals surface area (Å²) in [5.74, 6) is -2.17. The first-order chi connectivity index (χ1) is 15.8. The molecular weight excluding hydrogens is 443 g/mol. The number of hydrogen-bond donors (Lipinski definition) is 1. The highest BCUT2D eigenvalue weighted by molar-refractivity contribution is 6.05. The number of alkyl halides is 2. The minimum Gasteiger partial charge on any atom is -0.461 e. The number of carbonyl (C=O) groups excluding carboxylic acids is 3. The highest BCUT2D eigenvalue weighted by atomic mass is 19.3. The van der Waals surface area contributed by atoms with Crippen LogP contribution >= 0.6 is 0 Å². The van der Waals surface area contributed by atoms with Crippen molar-refractivity contribution in [2.45, 2.75) is 19.5 Å². The molecule has 0 fully saturated rings. The van der Waals surface area contributed by atoms with E-state index in [1.165, 1.54) is 18.2 Å². The van der Waals surface area contributed by atoms with E-state index in [9.17, 15) is 27.6 Å². The molecule has 3 rings (SSSR count). The summed E-state index contributed by atoms with van der Waals surface area (Å²) >= 11 is 0. The first kappa shape index (κ1) is 23.6. The summed E-state index contributed by atoms with van der Waals surface area (Å²) in [6.45, 7) is -3.68. The Hall–Kier alpha value is -4.08.